The number of halogens is 3. The summed E-state index contributed by atoms with van der Waals surface area (Å²) in [5.41, 5.74) is 4.36. The fourth-order valence-electron chi connectivity index (χ4n) is 0.557. The van der Waals surface area contributed by atoms with Gasteiger partial charge in [-0.1, -0.05) is 0 Å². The molecule has 0 saturated carbocycles. The molecular weight excluding hydrogens is 176 g/mol. The van der Waals surface area contributed by atoms with Crippen molar-refractivity contribution in [2.24, 2.45) is 0 Å². The Kier molecular flexibility index (Phi) is 3.07. The smallest absolute Gasteiger partial charge is 0.177 e. The summed E-state index contributed by atoms with van der Waals surface area (Å²) in [6.07, 6.45) is 0. The first kappa shape index (κ1) is 9.97. The van der Waals surface area contributed by atoms with Crippen molar-refractivity contribution >= 4 is 18.1 Å². The Morgan fingerprint density at radius 3 is 2.09 bits per heavy atom. The molecule has 0 aromatic heterocycles. The van der Waals surface area contributed by atoms with Crippen LogP contribution in [0.5, 0.6) is 5.75 Å². The fraction of sp³-hybridized carbons (Fsp3) is 0. The molecule has 0 radical (unpaired) electrons. The first-order valence-corrected chi connectivity index (χ1v) is 2.55. The molecule has 3 N–H and O–H groups in total. The minimum Gasteiger partial charge on any atom is -0.503 e. The molecule has 1 aromatic carbocycles. The number of hydrogen-bond donors (Lipinski definition) is 2. The molecule has 0 heterocycles. The molecule has 5 heteroatoms. The Bertz CT molecular complexity index is 240. The van der Waals surface area contributed by atoms with E-state index in [1.54, 1.807) is 0 Å². The molecule has 0 aliphatic rings. The Morgan fingerprint density at radius 1 is 1.18 bits per heavy atom. The summed E-state index contributed by atoms with van der Waals surface area (Å²) in [5, 5.41) is 8.65. The maximum absolute atomic E-state index is 12.3. The third-order valence-corrected chi connectivity index (χ3v) is 1.11. The van der Waals surface area contributed by atoms with E-state index in [-0.39, 0.29) is 12.4 Å². The number of phenols is 1. The maximum Gasteiger partial charge on any atom is 0.177 e. The van der Waals surface area contributed by atoms with Crippen molar-refractivity contribution < 1.29 is 13.9 Å². The summed E-state index contributed by atoms with van der Waals surface area (Å²) >= 11 is 0. The molecule has 1 rings (SSSR count). The summed E-state index contributed by atoms with van der Waals surface area (Å²) in [4.78, 5) is 0. The molecule has 0 amide bonds. The zero-order valence-corrected chi connectivity index (χ0v) is 6.16. The standard InChI is InChI=1S/C6H5F2NO.ClH/c7-3-1-2-4(8)6(10)5(3)9;/h1-2,10H,9H2;1H. The average Bonchev–Trinajstić information content (AvgIpc) is 1.93. The van der Waals surface area contributed by atoms with Crippen molar-refractivity contribution in [2.75, 3.05) is 5.73 Å². The van der Waals surface area contributed by atoms with Crippen LogP contribution in [0.15, 0.2) is 12.1 Å². The van der Waals surface area contributed by atoms with Crippen molar-refractivity contribution in [3.63, 3.8) is 0 Å². The van der Waals surface area contributed by atoms with Gasteiger partial charge in [0.05, 0.1) is 0 Å². The molecule has 0 atom stereocenters. The van der Waals surface area contributed by atoms with Gasteiger partial charge in [0.15, 0.2) is 11.6 Å². The molecule has 0 saturated heterocycles. The van der Waals surface area contributed by atoms with Crippen LogP contribution in [0.1, 0.15) is 0 Å². The van der Waals surface area contributed by atoms with Crippen LogP contribution in [0.4, 0.5) is 14.5 Å². The van der Waals surface area contributed by atoms with Gasteiger partial charge < -0.3 is 10.8 Å². The van der Waals surface area contributed by atoms with Gasteiger partial charge in [0, 0.05) is 0 Å². The molecule has 1 aromatic rings. The molecule has 0 aliphatic heterocycles. The van der Waals surface area contributed by atoms with Gasteiger partial charge in [-0.2, -0.15) is 0 Å². The monoisotopic (exact) mass is 181 g/mol. The van der Waals surface area contributed by atoms with Crippen molar-refractivity contribution in [1.82, 2.24) is 0 Å². The normalized spacial score (nSPS) is 8.91. The van der Waals surface area contributed by atoms with E-state index in [9.17, 15) is 8.78 Å². The highest BCUT2D eigenvalue weighted by molar-refractivity contribution is 5.85. The van der Waals surface area contributed by atoms with Crippen LogP contribution in [0.25, 0.3) is 0 Å². The number of nitrogen functional groups attached to an aromatic ring is 1. The predicted molar refractivity (Wildman–Crippen MR) is 39.7 cm³/mol. The first-order valence-electron chi connectivity index (χ1n) is 2.55. The lowest BCUT2D eigenvalue weighted by atomic mass is 10.3. The molecule has 0 fully saturated rings. The van der Waals surface area contributed by atoms with Crippen LogP contribution in [-0.4, -0.2) is 5.11 Å². The Hall–Kier alpha value is -1.03. The number of aromatic hydroxyl groups is 1. The fourth-order valence-corrected chi connectivity index (χ4v) is 0.557. The van der Waals surface area contributed by atoms with Crippen LogP contribution >= 0.6 is 12.4 Å². The van der Waals surface area contributed by atoms with Gasteiger partial charge in [-0.25, -0.2) is 8.78 Å². The minimum absolute atomic E-state index is 0. The molecule has 0 spiro atoms. The van der Waals surface area contributed by atoms with E-state index in [4.69, 9.17) is 10.8 Å². The van der Waals surface area contributed by atoms with E-state index >= 15 is 0 Å². The second-order valence-corrected chi connectivity index (χ2v) is 1.79. The van der Waals surface area contributed by atoms with Gasteiger partial charge >= 0.3 is 0 Å². The van der Waals surface area contributed by atoms with Crippen LogP contribution in [0.2, 0.25) is 0 Å². The number of benzene rings is 1. The minimum atomic E-state index is -0.918. The summed E-state index contributed by atoms with van der Waals surface area (Å²) in [6, 6.07) is 1.66. The SMILES string of the molecule is Cl.Nc1c(F)ccc(F)c1O. The van der Waals surface area contributed by atoms with E-state index in [1.165, 1.54) is 0 Å². The Labute approximate surface area is 68.0 Å². The zero-order valence-electron chi connectivity index (χ0n) is 5.34. The quantitative estimate of drug-likeness (QED) is 0.473. The maximum atomic E-state index is 12.3. The van der Waals surface area contributed by atoms with Crippen LogP contribution < -0.4 is 5.73 Å². The van der Waals surface area contributed by atoms with Gasteiger partial charge in [-0.15, -0.1) is 12.4 Å². The molecule has 0 unspecified atom stereocenters. The lowest BCUT2D eigenvalue weighted by molar-refractivity contribution is 0.430. The zero-order chi connectivity index (χ0) is 7.72. The molecule has 62 valence electrons. The number of hydrogen-bond acceptors (Lipinski definition) is 2. The van der Waals surface area contributed by atoms with Crippen LogP contribution in [0.3, 0.4) is 0 Å². The first-order chi connectivity index (χ1) is 4.63. The lowest BCUT2D eigenvalue weighted by Crippen LogP contribution is -1.92. The van der Waals surface area contributed by atoms with E-state index in [1.807, 2.05) is 0 Å². The second kappa shape index (κ2) is 3.39. The molecule has 2 nitrogen and oxygen atoms in total. The summed E-state index contributed by atoms with van der Waals surface area (Å²) < 4.78 is 24.6. The third kappa shape index (κ3) is 1.71. The highest BCUT2D eigenvalue weighted by Gasteiger charge is 2.07. The topological polar surface area (TPSA) is 46.2 Å². The number of rotatable bonds is 0. The third-order valence-electron chi connectivity index (χ3n) is 1.11. The predicted octanol–water partition coefficient (Wildman–Crippen LogP) is 1.67. The molecular formula is C6H6ClF2NO. The van der Waals surface area contributed by atoms with Gasteiger partial charge in [0.2, 0.25) is 0 Å². The Balaban J connectivity index is 0.000001000. The van der Waals surface area contributed by atoms with Crippen LogP contribution in [0, 0.1) is 11.6 Å². The lowest BCUT2D eigenvalue weighted by Gasteiger charge is -1.99. The summed E-state index contributed by atoms with van der Waals surface area (Å²) in [6.45, 7) is 0. The molecule has 0 bridgehead atoms. The van der Waals surface area contributed by atoms with Gasteiger partial charge in [0.1, 0.15) is 11.5 Å². The van der Waals surface area contributed by atoms with Crippen molar-refractivity contribution in [2.45, 2.75) is 0 Å². The van der Waals surface area contributed by atoms with Gasteiger partial charge in [-0.3, -0.25) is 0 Å². The highest BCUT2D eigenvalue weighted by Crippen LogP contribution is 2.25. The summed E-state index contributed by atoms with van der Waals surface area (Å²) in [7, 11) is 0. The molecule has 0 aliphatic carbocycles. The number of phenolic OH excluding ortho intramolecular Hbond substituents is 1. The summed E-state index contributed by atoms with van der Waals surface area (Å²) in [5.74, 6) is -2.57. The number of anilines is 1. The van der Waals surface area contributed by atoms with E-state index in [2.05, 4.69) is 0 Å². The van der Waals surface area contributed by atoms with Gasteiger partial charge in [-0.05, 0) is 12.1 Å². The number of nitrogens with two attached hydrogens (primary N) is 1. The van der Waals surface area contributed by atoms with E-state index in [0.29, 0.717) is 0 Å². The average molecular weight is 182 g/mol. The van der Waals surface area contributed by atoms with Crippen LogP contribution in [-0.2, 0) is 0 Å². The largest absolute Gasteiger partial charge is 0.503 e. The highest BCUT2D eigenvalue weighted by atomic mass is 35.5. The van der Waals surface area contributed by atoms with Crippen molar-refractivity contribution in [1.29, 1.82) is 0 Å². The Morgan fingerprint density at radius 2 is 1.64 bits per heavy atom. The molecule has 11 heavy (non-hydrogen) atoms. The van der Waals surface area contributed by atoms with Crippen molar-refractivity contribution in [3.05, 3.63) is 23.8 Å². The van der Waals surface area contributed by atoms with E-state index in [0.717, 1.165) is 12.1 Å². The van der Waals surface area contributed by atoms with Crippen molar-refractivity contribution in [3.8, 4) is 5.75 Å². The van der Waals surface area contributed by atoms with Gasteiger partial charge in [0.25, 0.3) is 0 Å². The van der Waals surface area contributed by atoms with E-state index < -0.39 is 23.1 Å². The second-order valence-electron chi connectivity index (χ2n) is 1.79.